The van der Waals surface area contributed by atoms with Gasteiger partial charge in [-0.15, -0.1) is 0 Å². The third kappa shape index (κ3) is 2.28. The molecule has 5 nitrogen and oxygen atoms in total. The van der Waals surface area contributed by atoms with Crippen LogP contribution in [0.5, 0.6) is 0 Å². The highest BCUT2D eigenvalue weighted by molar-refractivity contribution is 5.83. The maximum Gasteiger partial charge on any atom is 0.411 e. The summed E-state index contributed by atoms with van der Waals surface area (Å²) in [5, 5.41) is 9.29. The van der Waals surface area contributed by atoms with Gasteiger partial charge in [0.05, 0.1) is 5.92 Å². The lowest BCUT2D eigenvalue weighted by Gasteiger charge is -2.26. The molecule has 1 N–H and O–H groups in total. The number of piperidine rings is 1. The molecule has 0 radical (unpaired) electrons. The van der Waals surface area contributed by atoms with Crippen molar-refractivity contribution in [1.82, 2.24) is 4.90 Å². The van der Waals surface area contributed by atoms with Gasteiger partial charge in [0, 0.05) is 5.92 Å². The monoisotopic (exact) mass is 385 g/mol. The number of likely N-dealkylation sites (tertiary alicyclic amines) is 1. The number of amides is 1. The zero-order valence-corrected chi connectivity index (χ0v) is 14.7. The molecule has 3 aliphatic rings. The third-order valence-corrected chi connectivity index (χ3v) is 6.11. The topological polar surface area (TPSA) is 66.8 Å². The molecule has 1 heterocycles. The van der Waals surface area contributed by atoms with Gasteiger partial charge >= 0.3 is 12.1 Å². The van der Waals surface area contributed by atoms with E-state index >= 15 is 0 Å². The van der Waals surface area contributed by atoms with Crippen molar-refractivity contribution in [2.45, 2.75) is 30.3 Å². The van der Waals surface area contributed by atoms with E-state index in [1.807, 2.05) is 48.5 Å². The van der Waals surface area contributed by atoms with E-state index in [1.54, 1.807) is 0 Å². The SMILES string of the molecule is O=C(O)[C@@H]1C[C@@H]2[C@H](N1C(=O)OCC1c3ccccc3-c3ccccc31)C2(F)F. The average molecular weight is 385 g/mol. The normalized spacial score (nSPS) is 26.4. The number of halogens is 2. The van der Waals surface area contributed by atoms with Crippen molar-refractivity contribution in [3.05, 3.63) is 59.7 Å². The number of carbonyl (C=O) groups is 2. The van der Waals surface area contributed by atoms with Crippen molar-refractivity contribution < 1.29 is 28.2 Å². The molecule has 3 atom stereocenters. The Bertz CT molecular complexity index is 946. The molecule has 28 heavy (non-hydrogen) atoms. The van der Waals surface area contributed by atoms with Gasteiger partial charge in [0.1, 0.15) is 18.7 Å². The minimum absolute atomic E-state index is 0.0291. The van der Waals surface area contributed by atoms with Gasteiger partial charge in [0.25, 0.3) is 5.92 Å². The Hall–Kier alpha value is -2.96. The van der Waals surface area contributed by atoms with Crippen LogP contribution in [0.2, 0.25) is 0 Å². The smallest absolute Gasteiger partial charge is 0.411 e. The van der Waals surface area contributed by atoms with E-state index < -0.39 is 36.0 Å². The van der Waals surface area contributed by atoms with Crippen LogP contribution in [0, 0.1) is 5.92 Å². The number of aliphatic carboxylic acids is 1. The standard InChI is InChI=1S/C21H17F2NO4/c22-21(23)16-9-17(19(25)26)24(18(16)21)20(27)28-10-15-13-7-3-1-5-11(13)12-6-2-4-8-14(12)15/h1-8,15-18H,9-10H2,(H,25,26)/t16-,17+,18+/m1/s1. The lowest BCUT2D eigenvalue weighted by Crippen LogP contribution is -2.46. The van der Waals surface area contributed by atoms with Crippen molar-refractivity contribution in [2.24, 2.45) is 5.92 Å². The van der Waals surface area contributed by atoms with Gasteiger partial charge in [0.15, 0.2) is 0 Å². The maximum absolute atomic E-state index is 13.8. The minimum Gasteiger partial charge on any atom is -0.480 e. The van der Waals surface area contributed by atoms with Crippen molar-refractivity contribution in [3.63, 3.8) is 0 Å². The molecule has 0 aromatic heterocycles. The molecule has 0 spiro atoms. The highest BCUT2D eigenvalue weighted by Gasteiger charge is 2.78. The first kappa shape index (κ1) is 17.2. The van der Waals surface area contributed by atoms with E-state index in [2.05, 4.69) is 0 Å². The second-order valence-electron chi connectivity index (χ2n) is 7.53. The molecule has 2 fully saturated rings. The molecule has 2 aromatic rings. The first-order valence-electron chi connectivity index (χ1n) is 9.15. The number of rotatable bonds is 3. The van der Waals surface area contributed by atoms with Gasteiger partial charge in [-0.3, -0.25) is 4.90 Å². The van der Waals surface area contributed by atoms with E-state index in [9.17, 15) is 23.5 Å². The third-order valence-electron chi connectivity index (χ3n) is 6.11. The molecule has 2 aromatic carbocycles. The van der Waals surface area contributed by atoms with Gasteiger partial charge in [-0.2, -0.15) is 0 Å². The molecular weight excluding hydrogens is 368 g/mol. The zero-order valence-electron chi connectivity index (χ0n) is 14.7. The molecule has 1 amide bonds. The summed E-state index contributed by atoms with van der Waals surface area (Å²) in [4.78, 5) is 24.7. The summed E-state index contributed by atoms with van der Waals surface area (Å²) >= 11 is 0. The molecule has 1 aliphatic heterocycles. The summed E-state index contributed by atoms with van der Waals surface area (Å²) in [6.07, 6.45) is -1.23. The molecule has 0 unspecified atom stereocenters. The number of carboxylic acid groups (broad SMARTS) is 1. The number of carbonyl (C=O) groups excluding carboxylic acids is 1. The van der Waals surface area contributed by atoms with Crippen LogP contribution in [0.25, 0.3) is 11.1 Å². The Morgan fingerprint density at radius 1 is 1.07 bits per heavy atom. The highest BCUT2D eigenvalue weighted by atomic mass is 19.3. The molecule has 2 aliphatic carbocycles. The summed E-state index contributed by atoms with van der Waals surface area (Å²) in [6, 6.07) is 12.9. The Kier molecular flexibility index (Phi) is 3.53. The molecule has 1 saturated heterocycles. The largest absolute Gasteiger partial charge is 0.480 e. The number of hydrogen-bond donors (Lipinski definition) is 1. The van der Waals surface area contributed by atoms with Gasteiger partial charge in [-0.1, -0.05) is 48.5 Å². The first-order chi connectivity index (χ1) is 13.4. The van der Waals surface area contributed by atoms with Crippen molar-refractivity contribution >= 4 is 12.1 Å². The van der Waals surface area contributed by atoms with E-state index in [0.717, 1.165) is 27.2 Å². The Morgan fingerprint density at radius 2 is 1.64 bits per heavy atom. The summed E-state index contributed by atoms with van der Waals surface area (Å²) in [6.45, 7) is -0.0291. The van der Waals surface area contributed by atoms with Crippen LogP contribution < -0.4 is 0 Å². The van der Waals surface area contributed by atoms with E-state index in [0.29, 0.717) is 0 Å². The van der Waals surface area contributed by atoms with Crippen molar-refractivity contribution in [3.8, 4) is 11.1 Å². The van der Waals surface area contributed by atoms with E-state index in [-0.39, 0.29) is 18.9 Å². The van der Waals surface area contributed by atoms with Crippen LogP contribution in [0.3, 0.4) is 0 Å². The number of carboxylic acids is 1. The minimum atomic E-state index is -3.03. The Labute approximate surface area is 159 Å². The van der Waals surface area contributed by atoms with Gasteiger partial charge in [-0.05, 0) is 28.7 Å². The summed E-state index contributed by atoms with van der Waals surface area (Å²) < 4.78 is 32.9. The number of alkyl halides is 2. The quantitative estimate of drug-likeness (QED) is 0.874. The lowest BCUT2D eigenvalue weighted by molar-refractivity contribution is -0.143. The number of benzene rings is 2. The maximum atomic E-state index is 13.8. The van der Waals surface area contributed by atoms with Crippen LogP contribution in [0.4, 0.5) is 13.6 Å². The number of hydrogen-bond acceptors (Lipinski definition) is 3. The van der Waals surface area contributed by atoms with Crippen LogP contribution in [-0.4, -0.2) is 46.7 Å². The second-order valence-corrected chi connectivity index (χ2v) is 7.53. The van der Waals surface area contributed by atoms with E-state index in [4.69, 9.17) is 4.74 Å². The first-order valence-corrected chi connectivity index (χ1v) is 9.15. The number of fused-ring (bicyclic) bond motifs is 4. The summed E-state index contributed by atoms with van der Waals surface area (Å²) in [7, 11) is 0. The van der Waals surface area contributed by atoms with Gasteiger partial charge < -0.3 is 9.84 Å². The van der Waals surface area contributed by atoms with Crippen molar-refractivity contribution in [1.29, 1.82) is 0 Å². The average Bonchev–Trinajstić information content (AvgIpc) is 3.04. The lowest BCUT2D eigenvalue weighted by atomic mass is 9.98. The number of ether oxygens (including phenoxy) is 1. The van der Waals surface area contributed by atoms with E-state index in [1.165, 1.54) is 0 Å². The van der Waals surface area contributed by atoms with Crippen LogP contribution in [0.1, 0.15) is 23.5 Å². The fourth-order valence-corrected chi connectivity index (χ4v) is 4.71. The number of nitrogens with zero attached hydrogens (tertiary/aromatic N) is 1. The Balaban J connectivity index is 1.38. The molecule has 0 bridgehead atoms. The molecule has 5 rings (SSSR count). The van der Waals surface area contributed by atoms with Gasteiger partial charge in [-0.25, -0.2) is 18.4 Å². The predicted octanol–water partition coefficient (Wildman–Crippen LogP) is 3.73. The van der Waals surface area contributed by atoms with Crippen LogP contribution >= 0.6 is 0 Å². The Morgan fingerprint density at radius 3 is 2.21 bits per heavy atom. The van der Waals surface area contributed by atoms with Crippen LogP contribution in [-0.2, 0) is 9.53 Å². The fraction of sp³-hybridized carbons (Fsp3) is 0.333. The molecule has 1 saturated carbocycles. The van der Waals surface area contributed by atoms with Gasteiger partial charge in [0.2, 0.25) is 0 Å². The van der Waals surface area contributed by atoms with Crippen molar-refractivity contribution in [2.75, 3.05) is 6.61 Å². The molecule has 7 heteroatoms. The second kappa shape index (κ2) is 5.77. The predicted molar refractivity (Wildman–Crippen MR) is 95.2 cm³/mol. The summed E-state index contributed by atoms with van der Waals surface area (Å²) in [5.41, 5.74) is 4.11. The molecule has 144 valence electrons. The highest BCUT2D eigenvalue weighted by Crippen LogP contribution is 2.60. The molecular formula is C21H17F2NO4. The summed E-state index contributed by atoms with van der Waals surface area (Å²) in [5.74, 6) is -5.61. The zero-order chi connectivity index (χ0) is 19.6. The fourth-order valence-electron chi connectivity index (χ4n) is 4.71. The van der Waals surface area contributed by atoms with Crippen LogP contribution in [0.15, 0.2) is 48.5 Å².